The van der Waals surface area contributed by atoms with Gasteiger partial charge in [-0.25, -0.2) is 0 Å². The molecule has 0 aliphatic carbocycles. The predicted octanol–water partition coefficient (Wildman–Crippen LogP) is 5.03. The summed E-state index contributed by atoms with van der Waals surface area (Å²) in [6.07, 6.45) is 4.68. The summed E-state index contributed by atoms with van der Waals surface area (Å²) in [5, 5.41) is 9.22. The van der Waals surface area contributed by atoms with Gasteiger partial charge in [-0.15, -0.1) is 5.10 Å². The van der Waals surface area contributed by atoms with Crippen LogP contribution in [0.25, 0.3) is 0 Å². The molecule has 0 radical (unpaired) electrons. The third kappa shape index (κ3) is 5.70. The van der Waals surface area contributed by atoms with Gasteiger partial charge in [0.15, 0.2) is 5.17 Å². The molecular weight excluding hydrogens is 382 g/mol. The molecule has 1 heterocycles. The highest BCUT2D eigenvalue weighted by atomic mass is 32.2. The second kappa shape index (κ2) is 10.3. The number of hydrogen-bond donors (Lipinski definition) is 0. The molecule has 5 nitrogen and oxygen atoms in total. The van der Waals surface area contributed by atoms with Crippen LogP contribution >= 0.6 is 11.8 Å². The fraction of sp³-hybridized carbons (Fsp3) is 0.348. The summed E-state index contributed by atoms with van der Waals surface area (Å²) in [7, 11) is 1.64. The molecule has 1 fully saturated rings. The van der Waals surface area contributed by atoms with Crippen LogP contribution in [0.2, 0.25) is 0 Å². The molecule has 0 bridgehead atoms. The van der Waals surface area contributed by atoms with Crippen molar-refractivity contribution in [3.8, 4) is 5.75 Å². The van der Waals surface area contributed by atoms with Crippen molar-refractivity contribution in [1.29, 1.82) is 0 Å². The molecule has 0 N–H and O–H groups in total. The second-order valence-electron chi connectivity index (χ2n) is 7.06. The second-order valence-corrected chi connectivity index (χ2v) is 8.23. The molecule has 0 spiro atoms. The lowest BCUT2D eigenvalue weighted by molar-refractivity contribution is -0.126. The summed E-state index contributed by atoms with van der Waals surface area (Å²) in [6.45, 7) is 4.67. The van der Waals surface area contributed by atoms with Crippen LogP contribution in [0.3, 0.4) is 0 Å². The number of thioether (sulfide) groups is 1. The Bertz CT molecular complexity index is 876. The summed E-state index contributed by atoms with van der Waals surface area (Å²) in [5.74, 6) is 0.914. The number of amidine groups is 1. The Hall–Kier alpha value is -2.60. The zero-order valence-corrected chi connectivity index (χ0v) is 18.0. The highest BCUT2D eigenvalue weighted by Gasteiger charge is 2.37. The molecule has 0 saturated carbocycles. The Morgan fingerprint density at radius 3 is 2.52 bits per heavy atom. The Morgan fingerprint density at radius 2 is 1.86 bits per heavy atom. The SMILES string of the molecule is CCCC[C@H]1S/C(=N/N=C\c2ccc(C)cc2)N(Cc2ccc(OC)cc2)C1=O. The summed E-state index contributed by atoms with van der Waals surface area (Å²) < 4.78 is 5.22. The van der Waals surface area contributed by atoms with Gasteiger partial charge < -0.3 is 4.74 Å². The van der Waals surface area contributed by atoms with Crippen molar-refractivity contribution in [2.24, 2.45) is 10.2 Å². The first-order valence-corrected chi connectivity index (χ1v) is 10.8. The third-order valence-electron chi connectivity index (χ3n) is 4.77. The van der Waals surface area contributed by atoms with Crippen LogP contribution in [0.15, 0.2) is 58.7 Å². The summed E-state index contributed by atoms with van der Waals surface area (Å²) in [6, 6.07) is 15.9. The van der Waals surface area contributed by atoms with Crippen molar-refractivity contribution < 1.29 is 9.53 Å². The van der Waals surface area contributed by atoms with E-state index in [1.54, 1.807) is 18.2 Å². The van der Waals surface area contributed by atoms with Gasteiger partial charge >= 0.3 is 0 Å². The average molecular weight is 410 g/mol. The first kappa shape index (κ1) is 21.1. The summed E-state index contributed by atoms with van der Waals surface area (Å²) in [4.78, 5) is 14.7. The standard InChI is InChI=1S/C23H27N3O2S/c1-4-5-6-21-22(27)26(16-19-11-13-20(28-3)14-12-19)23(29-21)25-24-15-18-9-7-17(2)8-10-18/h7-15,21H,4-6,16H2,1-3H3/b24-15-,25-23+/t21-/m1/s1. The maximum absolute atomic E-state index is 13.0. The van der Waals surface area contributed by atoms with Crippen molar-refractivity contribution in [2.45, 2.75) is 44.9 Å². The van der Waals surface area contributed by atoms with Gasteiger partial charge in [0.25, 0.3) is 0 Å². The minimum absolute atomic E-state index is 0.0819. The molecule has 1 aliphatic rings. The Morgan fingerprint density at radius 1 is 1.14 bits per heavy atom. The van der Waals surface area contributed by atoms with Crippen molar-refractivity contribution in [3.63, 3.8) is 0 Å². The number of nitrogens with zero attached hydrogens (tertiary/aromatic N) is 3. The number of methoxy groups -OCH3 is 1. The molecule has 1 aliphatic heterocycles. The zero-order valence-electron chi connectivity index (χ0n) is 17.2. The molecule has 2 aromatic carbocycles. The highest BCUT2D eigenvalue weighted by Crippen LogP contribution is 2.32. The van der Waals surface area contributed by atoms with Crippen LogP contribution in [0.4, 0.5) is 0 Å². The van der Waals surface area contributed by atoms with Gasteiger partial charge in [-0.2, -0.15) is 5.10 Å². The molecule has 0 aromatic heterocycles. The van der Waals surface area contributed by atoms with Gasteiger partial charge in [-0.05, 0) is 36.6 Å². The van der Waals surface area contributed by atoms with E-state index >= 15 is 0 Å². The van der Waals surface area contributed by atoms with Gasteiger partial charge in [0, 0.05) is 0 Å². The van der Waals surface area contributed by atoms with E-state index in [0.717, 1.165) is 36.1 Å². The zero-order chi connectivity index (χ0) is 20.6. The van der Waals surface area contributed by atoms with Crippen molar-refractivity contribution in [3.05, 3.63) is 65.2 Å². The van der Waals surface area contributed by atoms with E-state index in [-0.39, 0.29) is 11.2 Å². The maximum atomic E-state index is 13.0. The number of unbranched alkanes of at least 4 members (excludes halogenated alkanes) is 1. The predicted molar refractivity (Wildman–Crippen MR) is 121 cm³/mol. The fourth-order valence-electron chi connectivity index (χ4n) is 3.02. The van der Waals surface area contributed by atoms with E-state index < -0.39 is 0 Å². The topological polar surface area (TPSA) is 54.3 Å². The number of carbonyl (C=O) groups excluding carboxylic acids is 1. The van der Waals surface area contributed by atoms with Crippen molar-refractivity contribution >= 4 is 29.1 Å². The monoisotopic (exact) mass is 409 g/mol. The minimum atomic E-state index is -0.0819. The van der Waals surface area contributed by atoms with Gasteiger partial charge in [0.1, 0.15) is 5.75 Å². The summed E-state index contributed by atoms with van der Waals surface area (Å²) in [5.41, 5.74) is 3.22. The molecule has 0 unspecified atom stereocenters. The van der Waals surface area contributed by atoms with E-state index in [1.165, 1.54) is 17.3 Å². The number of hydrogen-bond acceptors (Lipinski definition) is 5. The molecule has 2 aromatic rings. The van der Waals surface area contributed by atoms with E-state index in [9.17, 15) is 4.79 Å². The number of ether oxygens (including phenoxy) is 1. The molecular formula is C23H27N3O2S. The Balaban J connectivity index is 1.78. The number of aryl methyl sites for hydroxylation is 1. The molecule has 1 amide bonds. The first-order valence-electron chi connectivity index (χ1n) is 9.89. The van der Waals surface area contributed by atoms with E-state index in [4.69, 9.17) is 4.74 Å². The van der Waals surface area contributed by atoms with Gasteiger partial charge in [0.2, 0.25) is 5.91 Å². The van der Waals surface area contributed by atoms with Gasteiger partial charge in [-0.3, -0.25) is 9.69 Å². The van der Waals surface area contributed by atoms with Gasteiger partial charge in [-0.1, -0.05) is 73.5 Å². The Labute approximate surface area is 176 Å². The maximum Gasteiger partial charge on any atom is 0.242 e. The summed E-state index contributed by atoms with van der Waals surface area (Å²) >= 11 is 1.52. The van der Waals surface area contributed by atoms with E-state index in [2.05, 4.69) is 24.1 Å². The van der Waals surface area contributed by atoms with E-state index in [1.807, 2.05) is 48.5 Å². The number of rotatable bonds is 8. The van der Waals surface area contributed by atoms with Crippen LogP contribution in [0, 0.1) is 6.92 Å². The highest BCUT2D eigenvalue weighted by molar-refractivity contribution is 8.15. The molecule has 1 atom stereocenters. The normalized spacial score (nSPS) is 18.2. The van der Waals surface area contributed by atoms with Crippen molar-refractivity contribution in [1.82, 2.24) is 4.90 Å². The quantitative estimate of drug-likeness (QED) is 0.454. The van der Waals surface area contributed by atoms with Crippen LogP contribution in [0.1, 0.15) is 42.9 Å². The smallest absolute Gasteiger partial charge is 0.242 e. The molecule has 3 rings (SSSR count). The van der Waals surface area contributed by atoms with Crippen LogP contribution in [0.5, 0.6) is 5.75 Å². The molecule has 1 saturated heterocycles. The van der Waals surface area contributed by atoms with Crippen LogP contribution in [-0.4, -0.2) is 34.5 Å². The Kier molecular flexibility index (Phi) is 7.47. The first-order chi connectivity index (χ1) is 14.1. The van der Waals surface area contributed by atoms with Crippen LogP contribution < -0.4 is 4.74 Å². The largest absolute Gasteiger partial charge is 0.497 e. The number of amides is 1. The average Bonchev–Trinajstić information content (AvgIpc) is 3.03. The fourth-order valence-corrected chi connectivity index (χ4v) is 4.16. The third-order valence-corrected chi connectivity index (χ3v) is 6.00. The van der Waals surface area contributed by atoms with Crippen LogP contribution in [-0.2, 0) is 11.3 Å². The van der Waals surface area contributed by atoms with Crippen molar-refractivity contribution in [2.75, 3.05) is 7.11 Å². The number of carbonyl (C=O) groups is 1. The minimum Gasteiger partial charge on any atom is -0.497 e. The molecule has 6 heteroatoms. The van der Waals surface area contributed by atoms with E-state index in [0.29, 0.717) is 11.7 Å². The molecule has 29 heavy (non-hydrogen) atoms. The lowest BCUT2D eigenvalue weighted by Gasteiger charge is -2.16. The lowest BCUT2D eigenvalue weighted by atomic mass is 10.1. The lowest BCUT2D eigenvalue weighted by Crippen LogP contribution is -2.31. The van der Waals surface area contributed by atoms with Gasteiger partial charge in [0.05, 0.1) is 25.1 Å². The number of benzene rings is 2. The molecule has 152 valence electrons.